The summed E-state index contributed by atoms with van der Waals surface area (Å²) < 4.78 is 10.4. The van der Waals surface area contributed by atoms with Crippen LogP contribution in [-0.2, 0) is 20.9 Å². The normalized spacial score (nSPS) is 12.2. The summed E-state index contributed by atoms with van der Waals surface area (Å²) in [6, 6.07) is 7.12. The highest BCUT2D eigenvalue weighted by molar-refractivity contribution is 5.94. The van der Waals surface area contributed by atoms with Crippen LogP contribution in [-0.4, -0.2) is 32.3 Å². The molecule has 0 aliphatic heterocycles. The van der Waals surface area contributed by atoms with Crippen LogP contribution in [0.3, 0.4) is 0 Å². The molecule has 5 nitrogen and oxygen atoms in total. The average Bonchev–Trinajstić information content (AvgIpc) is 2.44. The molecule has 0 saturated carbocycles. The quantitative estimate of drug-likeness (QED) is 0.678. The lowest BCUT2D eigenvalue weighted by Gasteiger charge is -2.12. The maximum absolute atomic E-state index is 11.8. The van der Waals surface area contributed by atoms with Crippen molar-refractivity contribution in [3.63, 3.8) is 0 Å². The van der Waals surface area contributed by atoms with Gasteiger partial charge in [-0.25, -0.2) is 0 Å². The van der Waals surface area contributed by atoms with Crippen LogP contribution in [0.4, 0.5) is 5.69 Å². The molecule has 1 atom stereocenters. The van der Waals surface area contributed by atoms with Gasteiger partial charge in [0.05, 0.1) is 25.9 Å². The number of nitrogens with two attached hydrogens (primary N) is 1. The van der Waals surface area contributed by atoms with Gasteiger partial charge in [0.25, 0.3) is 0 Å². The summed E-state index contributed by atoms with van der Waals surface area (Å²) in [5, 5.41) is 2.82. The van der Waals surface area contributed by atoms with Crippen LogP contribution < -0.4 is 11.1 Å². The Morgan fingerprint density at radius 2 is 2.20 bits per heavy atom. The fourth-order valence-electron chi connectivity index (χ4n) is 1.75. The molecule has 0 aromatic heterocycles. The third-order valence-corrected chi connectivity index (χ3v) is 2.83. The summed E-state index contributed by atoms with van der Waals surface area (Å²) in [6.45, 7) is 3.62. The number of methoxy groups -OCH3 is 1. The van der Waals surface area contributed by atoms with E-state index in [9.17, 15) is 4.79 Å². The maximum Gasteiger partial charge on any atom is 0.241 e. The first-order valence-electron chi connectivity index (χ1n) is 6.89. The van der Waals surface area contributed by atoms with E-state index < -0.39 is 6.04 Å². The fourth-order valence-corrected chi connectivity index (χ4v) is 1.75. The van der Waals surface area contributed by atoms with E-state index in [1.54, 1.807) is 7.11 Å². The van der Waals surface area contributed by atoms with E-state index in [4.69, 9.17) is 15.2 Å². The van der Waals surface area contributed by atoms with Crippen molar-refractivity contribution < 1.29 is 14.3 Å². The van der Waals surface area contributed by atoms with E-state index in [1.165, 1.54) is 0 Å². The third kappa shape index (κ3) is 6.14. The van der Waals surface area contributed by atoms with Crippen LogP contribution in [0.2, 0.25) is 0 Å². The SMILES string of the molecule is CCC[C@@H](N)C(=O)Nc1cccc(COCCOC)c1. The Balaban J connectivity index is 2.48. The highest BCUT2D eigenvalue weighted by atomic mass is 16.5. The van der Waals surface area contributed by atoms with Gasteiger partial charge in [-0.2, -0.15) is 0 Å². The summed E-state index contributed by atoms with van der Waals surface area (Å²) >= 11 is 0. The van der Waals surface area contributed by atoms with Crippen molar-refractivity contribution in [3.8, 4) is 0 Å². The summed E-state index contributed by atoms with van der Waals surface area (Å²) in [7, 11) is 1.64. The number of rotatable bonds is 9. The topological polar surface area (TPSA) is 73.6 Å². The lowest BCUT2D eigenvalue weighted by atomic mass is 10.1. The minimum Gasteiger partial charge on any atom is -0.382 e. The van der Waals surface area contributed by atoms with Crippen molar-refractivity contribution in [2.75, 3.05) is 25.6 Å². The number of hydrogen-bond acceptors (Lipinski definition) is 4. The number of anilines is 1. The second kappa shape index (κ2) is 9.47. The Labute approximate surface area is 120 Å². The minimum absolute atomic E-state index is 0.149. The molecule has 0 aliphatic rings. The standard InChI is InChI=1S/C15H24N2O3/c1-3-5-14(16)15(18)17-13-7-4-6-12(10-13)11-20-9-8-19-2/h4,6-7,10,14H,3,5,8-9,11,16H2,1-2H3,(H,17,18)/t14-/m1/s1. The maximum atomic E-state index is 11.8. The number of hydrogen-bond donors (Lipinski definition) is 2. The smallest absolute Gasteiger partial charge is 0.241 e. The second-order valence-corrected chi connectivity index (χ2v) is 4.63. The van der Waals surface area contributed by atoms with E-state index in [2.05, 4.69) is 5.32 Å². The van der Waals surface area contributed by atoms with Gasteiger partial charge in [0.1, 0.15) is 0 Å². The van der Waals surface area contributed by atoms with Crippen molar-refractivity contribution in [3.05, 3.63) is 29.8 Å². The fraction of sp³-hybridized carbons (Fsp3) is 0.533. The minimum atomic E-state index is -0.457. The lowest BCUT2D eigenvalue weighted by Crippen LogP contribution is -2.35. The Morgan fingerprint density at radius 3 is 2.90 bits per heavy atom. The molecule has 0 radical (unpaired) electrons. The zero-order chi connectivity index (χ0) is 14.8. The van der Waals surface area contributed by atoms with E-state index >= 15 is 0 Å². The third-order valence-electron chi connectivity index (χ3n) is 2.83. The first kappa shape index (κ1) is 16.6. The van der Waals surface area contributed by atoms with Gasteiger partial charge in [-0.3, -0.25) is 4.79 Å². The largest absolute Gasteiger partial charge is 0.382 e. The first-order chi connectivity index (χ1) is 9.67. The van der Waals surface area contributed by atoms with Gasteiger partial charge in [-0.05, 0) is 24.1 Å². The Bertz CT molecular complexity index is 410. The zero-order valence-corrected chi connectivity index (χ0v) is 12.2. The molecule has 1 rings (SSSR count). The summed E-state index contributed by atoms with van der Waals surface area (Å²) in [5.41, 5.74) is 7.52. The molecule has 1 amide bonds. The Hall–Kier alpha value is -1.43. The molecule has 1 aromatic rings. The number of benzene rings is 1. The molecule has 0 saturated heterocycles. The first-order valence-corrected chi connectivity index (χ1v) is 6.89. The molecular weight excluding hydrogens is 256 g/mol. The second-order valence-electron chi connectivity index (χ2n) is 4.63. The van der Waals surface area contributed by atoms with Crippen molar-refractivity contribution in [1.29, 1.82) is 0 Å². The monoisotopic (exact) mass is 280 g/mol. The molecular formula is C15H24N2O3. The molecule has 1 aromatic carbocycles. The molecule has 0 unspecified atom stereocenters. The van der Waals surface area contributed by atoms with Gasteiger partial charge in [-0.15, -0.1) is 0 Å². The van der Waals surface area contributed by atoms with Crippen LogP contribution >= 0.6 is 0 Å². The highest BCUT2D eigenvalue weighted by Gasteiger charge is 2.12. The van der Waals surface area contributed by atoms with Gasteiger partial charge < -0.3 is 20.5 Å². The predicted molar refractivity (Wildman–Crippen MR) is 79.5 cm³/mol. The summed E-state index contributed by atoms with van der Waals surface area (Å²) in [4.78, 5) is 11.8. The van der Waals surface area contributed by atoms with Gasteiger partial charge in [-0.1, -0.05) is 25.5 Å². The number of carbonyl (C=O) groups is 1. The van der Waals surface area contributed by atoms with Crippen LogP contribution in [0.1, 0.15) is 25.3 Å². The average molecular weight is 280 g/mol. The Kier molecular flexibility index (Phi) is 7.87. The van der Waals surface area contributed by atoms with Crippen molar-refractivity contribution in [1.82, 2.24) is 0 Å². The van der Waals surface area contributed by atoms with Crippen molar-refractivity contribution in [2.24, 2.45) is 5.73 Å². The van der Waals surface area contributed by atoms with E-state index in [0.29, 0.717) is 26.2 Å². The van der Waals surface area contributed by atoms with Crippen LogP contribution in [0.5, 0.6) is 0 Å². The van der Waals surface area contributed by atoms with Crippen molar-refractivity contribution in [2.45, 2.75) is 32.4 Å². The molecule has 0 heterocycles. The van der Waals surface area contributed by atoms with Gasteiger partial charge in [0.15, 0.2) is 0 Å². The van der Waals surface area contributed by atoms with E-state index in [0.717, 1.165) is 17.7 Å². The highest BCUT2D eigenvalue weighted by Crippen LogP contribution is 2.12. The molecule has 112 valence electrons. The summed E-state index contributed by atoms with van der Waals surface area (Å²) in [6.07, 6.45) is 1.58. The molecule has 3 N–H and O–H groups in total. The van der Waals surface area contributed by atoms with Crippen LogP contribution in [0.15, 0.2) is 24.3 Å². The number of nitrogens with one attached hydrogen (secondary N) is 1. The predicted octanol–water partition coefficient (Wildman–Crippen LogP) is 1.92. The van der Waals surface area contributed by atoms with E-state index in [1.807, 2.05) is 31.2 Å². The number of carbonyl (C=O) groups excluding carboxylic acids is 1. The van der Waals surface area contributed by atoms with Crippen LogP contribution in [0, 0.1) is 0 Å². The number of ether oxygens (including phenoxy) is 2. The number of amides is 1. The molecule has 0 spiro atoms. The van der Waals surface area contributed by atoms with Gasteiger partial charge >= 0.3 is 0 Å². The van der Waals surface area contributed by atoms with Gasteiger partial charge in [0.2, 0.25) is 5.91 Å². The van der Waals surface area contributed by atoms with Crippen molar-refractivity contribution >= 4 is 11.6 Å². The van der Waals surface area contributed by atoms with Crippen LogP contribution in [0.25, 0.3) is 0 Å². The molecule has 0 bridgehead atoms. The van der Waals surface area contributed by atoms with Gasteiger partial charge in [0, 0.05) is 12.8 Å². The molecule has 0 aliphatic carbocycles. The molecule has 5 heteroatoms. The molecule has 20 heavy (non-hydrogen) atoms. The lowest BCUT2D eigenvalue weighted by molar-refractivity contribution is -0.117. The van der Waals surface area contributed by atoms with E-state index in [-0.39, 0.29) is 5.91 Å². The summed E-state index contributed by atoms with van der Waals surface area (Å²) in [5.74, 6) is -0.149. The Morgan fingerprint density at radius 1 is 1.40 bits per heavy atom. The zero-order valence-electron chi connectivity index (χ0n) is 12.2. The molecule has 0 fully saturated rings.